The maximum Gasteiger partial charge on any atom is 0.224 e. The molecule has 2 saturated heterocycles. The Bertz CT molecular complexity index is 330. The van der Waals surface area contributed by atoms with Crippen LogP contribution in [0.25, 0.3) is 0 Å². The van der Waals surface area contributed by atoms with Gasteiger partial charge in [0.15, 0.2) is 0 Å². The highest BCUT2D eigenvalue weighted by molar-refractivity contribution is 5.79. The Balaban J connectivity index is 1.84. The SMILES string of the molecule is CC1CN(C(C)(C)CNC(=O)C2CCNC2)CC(C)O1. The maximum atomic E-state index is 12.1. The van der Waals surface area contributed by atoms with Crippen molar-refractivity contribution < 1.29 is 9.53 Å². The fourth-order valence-corrected chi connectivity index (χ4v) is 3.11. The molecule has 2 fully saturated rings. The van der Waals surface area contributed by atoms with Gasteiger partial charge in [0, 0.05) is 31.7 Å². The van der Waals surface area contributed by atoms with Crippen LogP contribution < -0.4 is 10.6 Å². The molecule has 5 heteroatoms. The Morgan fingerprint density at radius 2 is 2.00 bits per heavy atom. The average Bonchev–Trinajstić information content (AvgIpc) is 2.88. The number of hydrogen-bond donors (Lipinski definition) is 2. The highest BCUT2D eigenvalue weighted by Gasteiger charge is 2.34. The van der Waals surface area contributed by atoms with Crippen LogP contribution in [0, 0.1) is 5.92 Å². The topological polar surface area (TPSA) is 53.6 Å². The number of hydrogen-bond acceptors (Lipinski definition) is 4. The monoisotopic (exact) mass is 283 g/mol. The third kappa shape index (κ3) is 3.93. The molecule has 0 radical (unpaired) electrons. The van der Waals surface area contributed by atoms with E-state index in [0.717, 1.165) is 32.6 Å². The zero-order chi connectivity index (χ0) is 14.8. The van der Waals surface area contributed by atoms with Crippen LogP contribution in [0.2, 0.25) is 0 Å². The number of carbonyl (C=O) groups excluding carboxylic acids is 1. The average molecular weight is 283 g/mol. The molecular weight excluding hydrogens is 254 g/mol. The maximum absolute atomic E-state index is 12.1. The Hall–Kier alpha value is -0.650. The molecule has 0 aromatic rings. The zero-order valence-corrected chi connectivity index (χ0v) is 13.2. The summed E-state index contributed by atoms with van der Waals surface area (Å²) in [4.78, 5) is 14.5. The minimum absolute atomic E-state index is 0.0337. The van der Waals surface area contributed by atoms with Crippen molar-refractivity contribution in [2.45, 2.75) is 51.9 Å². The molecule has 2 N–H and O–H groups in total. The van der Waals surface area contributed by atoms with Crippen molar-refractivity contribution in [2.24, 2.45) is 5.92 Å². The molecular formula is C15H29N3O2. The van der Waals surface area contributed by atoms with Gasteiger partial charge in [-0.1, -0.05) is 0 Å². The van der Waals surface area contributed by atoms with Crippen LogP contribution in [0.3, 0.4) is 0 Å². The summed E-state index contributed by atoms with van der Waals surface area (Å²) in [7, 11) is 0. The lowest BCUT2D eigenvalue weighted by Crippen LogP contribution is -2.59. The predicted octanol–water partition coefficient (Wildman–Crippen LogP) is 0.600. The van der Waals surface area contributed by atoms with Gasteiger partial charge in [0.1, 0.15) is 0 Å². The number of nitrogens with zero attached hydrogens (tertiary/aromatic N) is 1. The molecule has 116 valence electrons. The summed E-state index contributed by atoms with van der Waals surface area (Å²) < 4.78 is 5.78. The van der Waals surface area contributed by atoms with E-state index in [1.165, 1.54) is 0 Å². The van der Waals surface area contributed by atoms with Gasteiger partial charge in [-0.3, -0.25) is 9.69 Å². The van der Waals surface area contributed by atoms with Crippen molar-refractivity contribution in [2.75, 3.05) is 32.7 Å². The van der Waals surface area contributed by atoms with Gasteiger partial charge in [0.2, 0.25) is 5.91 Å². The van der Waals surface area contributed by atoms with Gasteiger partial charge < -0.3 is 15.4 Å². The minimum Gasteiger partial charge on any atom is -0.373 e. The molecule has 2 heterocycles. The Labute approximate surface area is 122 Å². The van der Waals surface area contributed by atoms with Crippen molar-refractivity contribution in [3.05, 3.63) is 0 Å². The van der Waals surface area contributed by atoms with E-state index in [9.17, 15) is 4.79 Å². The fraction of sp³-hybridized carbons (Fsp3) is 0.933. The van der Waals surface area contributed by atoms with Crippen LogP contribution in [0.5, 0.6) is 0 Å². The summed E-state index contributed by atoms with van der Waals surface area (Å²) in [5, 5.41) is 6.37. The number of rotatable bonds is 4. The first-order valence-electron chi connectivity index (χ1n) is 7.77. The molecule has 0 spiro atoms. The van der Waals surface area contributed by atoms with E-state index in [0.29, 0.717) is 6.54 Å². The zero-order valence-electron chi connectivity index (χ0n) is 13.2. The van der Waals surface area contributed by atoms with Crippen molar-refractivity contribution >= 4 is 5.91 Å². The standard InChI is InChI=1S/C15H29N3O2/c1-11-8-18(9-12(2)20-11)15(3,4)10-17-14(19)13-5-6-16-7-13/h11-13,16H,5-10H2,1-4H3,(H,17,19). The van der Waals surface area contributed by atoms with Crippen LogP contribution in [0.15, 0.2) is 0 Å². The molecule has 0 aliphatic carbocycles. The molecule has 20 heavy (non-hydrogen) atoms. The summed E-state index contributed by atoms with van der Waals surface area (Å²) in [6.07, 6.45) is 1.47. The van der Waals surface area contributed by atoms with Gasteiger partial charge in [0.05, 0.1) is 18.1 Å². The number of ether oxygens (including phenoxy) is 1. The summed E-state index contributed by atoms with van der Waals surface area (Å²) in [6.45, 7) is 13.0. The third-order valence-corrected chi connectivity index (χ3v) is 4.40. The summed E-state index contributed by atoms with van der Waals surface area (Å²) in [6, 6.07) is 0. The molecule has 0 saturated carbocycles. The molecule has 2 aliphatic heterocycles. The molecule has 2 rings (SSSR count). The van der Waals surface area contributed by atoms with E-state index in [2.05, 4.69) is 43.2 Å². The van der Waals surface area contributed by atoms with E-state index in [-0.39, 0.29) is 29.6 Å². The molecule has 0 aromatic heterocycles. The van der Waals surface area contributed by atoms with Gasteiger partial charge in [-0.05, 0) is 40.7 Å². The number of nitrogens with one attached hydrogen (secondary N) is 2. The largest absolute Gasteiger partial charge is 0.373 e. The van der Waals surface area contributed by atoms with Crippen LogP contribution in [0.4, 0.5) is 0 Å². The van der Waals surface area contributed by atoms with E-state index < -0.39 is 0 Å². The molecule has 3 unspecified atom stereocenters. The van der Waals surface area contributed by atoms with Gasteiger partial charge in [-0.25, -0.2) is 0 Å². The highest BCUT2D eigenvalue weighted by atomic mass is 16.5. The van der Waals surface area contributed by atoms with Crippen molar-refractivity contribution in [3.63, 3.8) is 0 Å². The second-order valence-electron chi connectivity index (χ2n) is 6.88. The minimum atomic E-state index is -0.0337. The first-order valence-corrected chi connectivity index (χ1v) is 7.77. The first kappa shape index (κ1) is 15.7. The lowest BCUT2D eigenvalue weighted by atomic mass is 9.99. The van der Waals surface area contributed by atoms with Crippen LogP contribution >= 0.6 is 0 Å². The van der Waals surface area contributed by atoms with Gasteiger partial charge in [0.25, 0.3) is 0 Å². The van der Waals surface area contributed by atoms with Crippen molar-refractivity contribution in [3.8, 4) is 0 Å². The second-order valence-corrected chi connectivity index (χ2v) is 6.88. The smallest absolute Gasteiger partial charge is 0.224 e. The van der Waals surface area contributed by atoms with E-state index in [4.69, 9.17) is 4.74 Å². The van der Waals surface area contributed by atoms with E-state index in [1.807, 2.05) is 0 Å². The molecule has 2 aliphatic rings. The van der Waals surface area contributed by atoms with Crippen LogP contribution in [-0.2, 0) is 9.53 Å². The Kier molecular flexibility index (Phi) is 5.04. The number of amides is 1. The molecule has 0 aromatic carbocycles. The molecule has 1 amide bonds. The lowest BCUT2D eigenvalue weighted by molar-refractivity contribution is -0.126. The number of morpholine rings is 1. The van der Waals surface area contributed by atoms with Crippen molar-refractivity contribution in [1.29, 1.82) is 0 Å². The number of carbonyl (C=O) groups is 1. The Morgan fingerprint density at radius 3 is 2.55 bits per heavy atom. The second kappa shape index (κ2) is 6.41. The first-order chi connectivity index (χ1) is 9.38. The molecule has 0 bridgehead atoms. The highest BCUT2D eigenvalue weighted by Crippen LogP contribution is 2.21. The van der Waals surface area contributed by atoms with Crippen molar-refractivity contribution in [1.82, 2.24) is 15.5 Å². The summed E-state index contributed by atoms with van der Waals surface area (Å²) in [5.74, 6) is 0.339. The van der Waals surface area contributed by atoms with Gasteiger partial charge in [-0.2, -0.15) is 0 Å². The van der Waals surface area contributed by atoms with Gasteiger partial charge in [-0.15, -0.1) is 0 Å². The third-order valence-electron chi connectivity index (χ3n) is 4.40. The molecule has 5 nitrogen and oxygen atoms in total. The van der Waals surface area contributed by atoms with E-state index in [1.54, 1.807) is 0 Å². The van der Waals surface area contributed by atoms with Gasteiger partial charge >= 0.3 is 0 Å². The summed E-state index contributed by atoms with van der Waals surface area (Å²) >= 11 is 0. The normalized spacial score (nSPS) is 32.3. The molecule has 3 atom stereocenters. The quantitative estimate of drug-likeness (QED) is 0.793. The fourth-order valence-electron chi connectivity index (χ4n) is 3.11. The summed E-state index contributed by atoms with van der Waals surface area (Å²) in [5.41, 5.74) is -0.0337. The Morgan fingerprint density at radius 1 is 1.35 bits per heavy atom. The van der Waals surface area contributed by atoms with E-state index >= 15 is 0 Å². The lowest BCUT2D eigenvalue weighted by Gasteiger charge is -2.45. The van der Waals surface area contributed by atoms with Crippen LogP contribution in [0.1, 0.15) is 34.1 Å². The van der Waals surface area contributed by atoms with Crippen LogP contribution in [-0.4, -0.2) is 61.3 Å². The predicted molar refractivity (Wildman–Crippen MR) is 79.6 cm³/mol.